The molecule has 0 spiro atoms. The van der Waals surface area contributed by atoms with Crippen molar-refractivity contribution in [1.29, 1.82) is 0 Å². The van der Waals surface area contributed by atoms with Crippen molar-refractivity contribution in [3.63, 3.8) is 0 Å². The van der Waals surface area contributed by atoms with E-state index in [0.717, 1.165) is 38.3 Å². The molecule has 0 radical (unpaired) electrons. The van der Waals surface area contributed by atoms with Gasteiger partial charge in [0.05, 0.1) is 7.11 Å². The monoisotopic (exact) mass is 277 g/mol. The van der Waals surface area contributed by atoms with Crippen molar-refractivity contribution in [3.8, 4) is 5.75 Å². The topological polar surface area (TPSA) is 30.5 Å². The van der Waals surface area contributed by atoms with E-state index in [4.69, 9.17) is 9.47 Å². The van der Waals surface area contributed by atoms with Gasteiger partial charge in [-0.2, -0.15) is 0 Å². The van der Waals surface area contributed by atoms with Crippen molar-refractivity contribution in [2.45, 2.75) is 44.6 Å². The molecule has 1 aromatic carbocycles. The van der Waals surface area contributed by atoms with E-state index in [-0.39, 0.29) is 0 Å². The lowest BCUT2D eigenvalue weighted by Crippen LogP contribution is -2.40. The summed E-state index contributed by atoms with van der Waals surface area (Å²) in [6.07, 6.45) is 4.70. The average molecular weight is 277 g/mol. The highest BCUT2D eigenvalue weighted by Crippen LogP contribution is 2.37. The van der Waals surface area contributed by atoms with Gasteiger partial charge in [-0.3, -0.25) is 0 Å². The zero-order chi connectivity index (χ0) is 14.2. The van der Waals surface area contributed by atoms with Crippen LogP contribution in [0.3, 0.4) is 0 Å². The van der Waals surface area contributed by atoms with Crippen molar-refractivity contribution in [2.24, 2.45) is 0 Å². The van der Waals surface area contributed by atoms with Crippen LogP contribution < -0.4 is 10.1 Å². The van der Waals surface area contributed by atoms with Crippen LogP contribution in [0.25, 0.3) is 0 Å². The van der Waals surface area contributed by atoms with Gasteiger partial charge in [-0.1, -0.05) is 19.1 Å². The molecular weight excluding hydrogens is 250 g/mol. The van der Waals surface area contributed by atoms with Gasteiger partial charge in [0, 0.05) is 19.3 Å². The van der Waals surface area contributed by atoms with Crippen LogP contribution in [-0.2, 0) is 4.74 Å². The Labute approximate surface area is 122 Å². The van der Waals surface area contributed by atoms with E-state index in [1.165, 1.54) is 18.4 Å². The Kier molecular flexibility index (Phi) is 6.34. The minimum absolute atomic E-state index is 0.678. The molecule has 2 rings (SSSR count). The van der Waals surface area contributed by atoms with Crippen LogP contribution in [0.5, 0.6) is 5.75 Å². The van der Waals surface area contributed by atoms with Gasteiger partial charge in [-0.15, -0.1) is 0 Å². The second-order valence-corrected chi connectivity index (χ2v) is 5.56. The predicted octanol–water partition coefficient (Wildman–Crippen LogP) is 3.35. The fraction of sp³-hybridized carbons (Fsp3) is 0.647. The van der Waals surface area contributed by atoms with E-state index in [0.29, 0.717) is 12.0 Å². The number of nitrogens with one attached hydrogen (secondary N) is 1. The Morgan fingerprint density at radius 1 is 1.25 bits per heavy atom. The van der Waals surface area contributed by atoms with Crippen molar-refractivity contribution in [2.75, 3.05) is 26.9 Å². The average Bonchev–Trinajstić information content (AvgIpc) is 2.44. The molecule has 0 saturated heterocycles. The van der Waals surface area contributed by atoms with Crippen LogP contribution in [-0.4, -0.2) is 32.9 Å². The predicted molar refractivity (Wildman–Crippen MR) is 82.5 cm³/mol. The maximum absolute atomic E-state index is 5.48. The zero-order valence-electron chi connectivity index (χ0n) is 12.7. The Bertz CT molecular complexity index is 388. The summed E-state index contributed by atoms with van der Waals surface area (Å²) >= 11 is 0. The molecule has 1 aliphatic carbocycles. The minimum Gasteiger partial charge on any atom is -0.497 e. The largest absolute Gasteiger partial charge is 0.497 e. The van der Waals surface area contributed by atoms with E-state index in [1.54, 1.807) is 7.11 Å². The quantitative estimate of drug-likeness (QED) is 0.702. The van der Waals surface area contributed by atoms with E-state index in [1.807, 2.05) is 6.07 Å². The van der Waals surface area contributed by atoms with Gasteiger partial charge in [-0.25, -0.2) is 0 Å². The van der Waals surface area contributed by atoms with Crippen molar-refractivity contribution >= 4 is 0 Å². The van der Waals surface area contributed by atoms with E-state index in [2.05, 4.69) is 30.4 Å². The number of rotatable bonds is 9. The van der Waals surface area contributed by atoms with Gasteiger partial charge in [0.1, 0.15) is 5.75 Å². The van der Waals surface area contributed by atoms with Crippen molar-refractivity contribution < 1.29 is 9.47 Å². The normalized spacial score (nSPS) is 21.5. The SMILES string of the molecule is CCCOCCCNC1CC(c2cccc(OC)c2)C1. The minimum atomic E-state index is 0.678. The molecular formula is C17H27NO2. The molecule has 0 bridgehead atoms. The first-order valence-electron chi connectivity index (χ1n) is 7.78. The third-order valence-corrected chi connectivity index (χ3v) is 3.95. The third-order valence-electron chi connectivity index (χ3n) is 3.95. The van der Waals surface area contributed by atoms with Crippen molar-refractivity contribution in [3.05, 3.63) is 29.8 Å². The maximum Gasteiger partial charge on any atom is 0.119 e. The molecule has 3 heteroatoms. The lowest BCUT2D eigenvalue weighted by Gasteiger charge is -2.36. The lowest BCUT2D eigenvalue weighted by molar-refractivity contribution is 0.130. The van der Waals surface area contributed by atoms with Crippen LogP contribution in [0.15, 0.2) is 24.3 Å². The van der Waals surface area contributed by atoms with Crippen LogP contribution in [0.2, 0.25) is 0 Å². The first-order valence-corrected chi connectivity index (χ1v) is 7.78. The van der Waals surface area contributed by atoms with Gasteiger partial charge in [0.25, 0.3) is 0 Å². The van der Waals surface area contributed by atoms with Gasteiger partial charge < -0.3 is 14.8 Å². The molecule has 0 unspecified atom stereocenters. The van der Waals surface area contributed by atoms with Crippen LogP contribution >= 0.6 is 0 Å². The number of ether oxygens (including phenoxy) is 2. The molecule has 1 aromatic rings. The van der Waals surface area contributed by atoms with Gasteiger partial charge in [0.15, 0.2) is 0 Å². The molecule has 112 valence electrons. The molecule has 0 amide bonds. The van der Waals surface area contributed by atoms with Gasteiger partial charge in [-0.05, 0) is 55.8 Å². The van der Waals surface area contributed by atoms with E-state index in [9.17, 15) is 0 Å². The molecule has 3 nitrogen and oxygen atoms in total. The molecule has 1 fully saturated rings. The molecule has 0 aromatic heterocycles. The molecule has 0 aliphatic heterocycles. The summed E-state index contributed by atoms with van der Waals surface area (Å²) in [6.45, 7) is 4.98. The van der Waals surface area contributed by atoms with Crippen LogP contribution in [0, 0.1) is 0 Å². The zero-order valence-corrected chi connectivity index (χ0v) is 12.7. The summed E-state index contributed by atoms with van der Waals surface area (Å²) in [5, 5.41) is 3.61. The van der Waals surface area contributed by atoms with Crippen LogP contribution in [0.1, 0.15) is 44.1 Å². The highest BCUT2D eigenvalue weighted by Gasteiger charge is 2.29. The van der Waals surface area contributed by atoms with Crippen molar-refractivity contribution in [1.82, 2.24) is 5.32 Å². The van der Waals surface area contributed by atoms with Crippen LogP contribution in [0.4, 0.5) is 0 Å². The molecule has 20 heavy (non-hydrogen) atoms. The maximum atomic E-state index is 5.48. The fourth-order valence-corrected chi connectivity index (χ4v) is 2.68. The highest BCUT2D eigenvalue weighted by atomic mass is 16.5. The summed E-state index contributed by atoms with van der Waals surface area (Å²) in [7, 11) is 1.73. The number of methoxy groups -OCH3 is 1. The fourth-order valence-electron chi connectivity index (χ4n) is 2.68. The van der Waals surface area contributed by atoms with E-state index >= 15 is 0 Å². The molecule has 1 aliphatic rings. The Morgan fingerprint density at radius 2 is 2.10 bits per heavy atom. The number of hydrogen-bond acceptors (Lipinski definition) is 3. The lowest BCUT2D eigenvalue weighted by atomic mass is 9.76. The Hall–Kier alpha value is -1.06. The Morgan fingerprint density at radius 3 is 2.85 bits per heavy atom. The summed E-state index contributed by atoms with van der Waals surface area (Å²) < 4.78 is 10.8. The number of hydrogen-bond donors (Lipinski definition) is 1. The first kappa shape index (κ1) is 15.3. The third kappa shape index (κ3) is 4.50. The second kappa shape index (κ2) is 8.28. The first-order chi connectivity index (χ1) is 9.83. The summed E-state index contributed by atoms with van der Waals surface area (Å²) in [4.78, 5) is 0. The summed E-state index contributed by atoms with van der Waals surface area (Å²) in [5.41, 5.74) is 1.41. The molecule has 0 atom stereocenters. The molecule has 1 N–H and O–H groups in total. The standard InChI is InChI=1S/C17H27NO2/c1-3-9-20-10-5-8-18-16-11-15(12-16)14-6-4-7-17(13-14)19-2/h4,6-7,13,15-16,18H,3,5,8-12H2,1-2H3. The van der Waals surface area contributed by atoms with Gasteiger partial charge >= 0.3 is 0 Å². The van der Waals surface area contributed by atoms with E-state index < -0.39 is 0 Å². The Balaban J connectivity index is 1.59. The van der Waals surface area contributed by atoms with Gasteiger partial charge in [0.2, 0.25) is 0 Å². The molecule has 1 saturated carbocycles. The number of benzene rings is 1. The summed E-state index contributed by atoms with van der Waals surface area (Å²) in [6, 6.07) is 9.15. The smallest absolute Gasteiger partial charge is 0.119 e. The summed E-state index contributed by atoms with van der Waals surface area (Å²) in [5.74, 6) is 1.66. The highest BCUT2D eigenvalue weighted by molar-refractivity contribution is 5.32. The molecule has 0 heterocycles. The second-order valence-electron chi connectivity index (χ2n) is 5.56.